The minimum atomic E-state index is -0.401. The van der Waals surface area contributed by atoms with Gasteiger partial charge in [-0.3, -0.25) is 4.79 Å². The molecule has 0 aliphatic carbocycles. The number of nitrogens with zero attached hydrogens (tertiary/aromatic N) is 8. The fourth-order valence-electron chi connectivity index (χ4n) is 6.70. The largest absolute Gasteiger partial charge is 0.412 e. The first-order valence-electron chi connectivity index (χ1n) is 19.1. The Morgan fingerprint density at radius 3 is 1.49 bits per heavy atom. The topological polar surface area (TPSA) is 214 Å². The Morgan fingerprint density at radius 2 is 1.07 bits per heavy atom. The van der Waals surface area contributed by atoms with Crippen molar-refractivity contribution in [1.82, 2.24) is 39.5 Å². The van der Waals surface area contributed by atoms with E-state index in [1.54, 1.807) is 0 Å². The van der Waals surface area contributed by atoms with Crippen LogP contribution in [0.15, 0.2) is 91.5 Å². The molecule has 0 saturated heterocycles. The molecule has 0 atom stereocenters. The maximum Gasteiger partial charge on any atom is 0.167 e. The summed E-state index contributed by atoms with van der Waals surface area (Å²) in [6.45, 7) is 12.5. The molecule has 0 spiro atoms. The predicted octanol–water partition coefficient (Wildman–Crippen LogP) is 7.90. The number of Topliss-reactive ketones (excluding diaryl/α,β-unsaturated/α-hetero) is 1. The third-order valence-corrected chi connectivity index (χ3v) is 10.8. The number of fused-ring (bicyclic) bond motifs is 2. The van der Waals surface area contributed by atoms with Gasteiger partial charge in [0.2, 0.25) is 0 Å². The Labute approximate surface area is 354 Å². The number of benzene rings is 3. The molecule has 3 aromatic carbocycles. The highest BCUT2D eigenvalue weighted by Gasteiger charge is 2.29. The number of carbonyl (C=O) groups is 1. The number of ketones is 1. The van der Waals surface area contributed by atoms with Gasteiger partial charge in [-0.2, -0.15) is 10.2 Å². The second kappa shape index (κ2) is 18.3. The second-order valence-electron chi connectivity index (χ2n) is 15.8. The van der Waals surface area contributed by atoms with E-state index in [-0.39, 0.29) is 23.2 Å². The molecule has 4 heterocycles. The minimum Gasteiger partial charge on any atom is -0.412 e. The smallest absolute Gasteiger partial charge is 0.167 e. The standard InChI is InChI=1S/C26H27N5OS.C18H22N6S.H2O/c1-17-9-11-19(12-10-17)23-22-24(27)28-16-29-25(22)31(30-23)26(2,3)14-13-20(33)15-21(32)18-7-5-4-6-8-18;1-11-4-6-12(7-5-11)15-14-16(20)21-10-22-17(14)24(23-15)18(2,3)9-8-13(19)25;/h4-12,16H,13-15H2,1-3H3,(H2,27,28,29);4-7,10H,8-9H2,1-3H3,(H2,19,25)(H2,20,21,22);1H2. The molecule has 0 unspecified atom stereocenters. The number of carbonyl (C=O) groups excluding carboxylic acids is 1. The van der Waals surface area contributed by atoms with Crippen molar-refractivity contribution in [3.63, 3.8) is 0 Å². The highest BCUT2D eigenvalue weighted by atomic mass is 32.1. The van der Waals surface area contributed by atoms with E-state index in [0.29, 0.717) is 47.1 Å². The van der Waals surface area contributed by atoms with Crippen molar-refractivity contribution in [1.29, 1.82) is 0 Å². The summed E-state index contributed by atoms with van der Waals surface area (Å²) >= 11 is 10.6. The molecule has 7 aromatic rings. The molecule has 8 N–H and O–H groups in total. The van der Waals surface area contributed by atoms with Crippen LogP contribution in [0.2, 0.25) is 0 Å². The Hall–Kier alpha value is -6.03. The van der Waals surface area contributed by atoms with Crippen molar-refractivity contribution in [2.75, 3.05) is 11.5 Å². The highest BCUT2D eigenvalue weighted by molar-refractivity contribution is 7.80. The zero-order valence-corrected chi connectivity index (χ0v) is 35.9. The lowest BCUT2D eigenvalue weighted by Crippen LogP contribution is -2.29. The summed E-state index contributed by atoms with van der Waals surface area (Å²) in [5.74, 6) is 0.878. The van der Waals surface area contributed by atoms with Crippen molar-refractivity contribution < 1.29 is 10.3 Å². The molecule has 0 saturated carbocycles. The molecule has 306 valence electrons. The molecule has 0 radical (unpaired) electrons. The van der Waals surface area contributed by atoms with Crippen LogP contribution in [0.1, 0.15) is 81.3 Å². The lowest BCUT2D eigenvalue weighted by molar-refractivity contribution is 0.100. The fraction of sp³-hybridized carbons (Fsp3) is 0.295. The molecule has 0 fully saturated rings. The van der Waals surface area contributed by atoms with E-state index in [2.05, 4.69) is 66.7 Å². The molecular weight excluding hydrogens is 779 g/mol. The van der Waals surface area contributed by atoms with Gasteiger partial charge in [0.1, 0.15) is 35.7 Å². The number of rotatable bonds is 13. The van der Waals surface area contributed by atoms with Gasteiger partial charge in [0.05, 0.1) is 26.8 Å². The molecule has 13 nitrogen and oxygen atoms in total. The van der Waals surface area contributed by atoms with Crippen LogP contribution in [0, 0.1) is 13.8 Å². The lowest BCUT2D eigenvalue weighted by Gasteiger charge is -2.26. The van der Waals surface area contributed by atoms with Crippen LogP contribution in [-0.2, 0) is 11.1 Å². The van der Waals surface area contributed by atoms with Crippen LogP contribution in [0.3, 0.4) is 0 Å². The molecule has 4 aromatic heterocycles. The number of nitrogens with two attached hydrogens (primary N) is 3. The third kappa shape index (κ3) is 9.99. The van der Waals surface area contributed by atoms with Gasteiger partial charge in [-0.05, 0) is 67.2 Å². The lowest BCUT2D eigenvalue weighted by atomic mass is 9.95. The van der Waals surface area contributed by atoms with Gasteiger partial charge in [0.25, 0.3) is 0 Å². The van der Waals surface area contributed by atoms with Crippen LogP contribution < -0.4 is 17.2 Å². The van der Waals surface area contributed by atoms with E-state index in [9.17, 15) is 4.79 Å². The zero-order chi connectivity index (χ0) is 41.8. The van der Waals surface area contributed by atoms with Crippen LogP contribution in [-0.4, -0.2) is 60.6 Å². The van der Waals surface area contributed by atoms with E-state index >= 15 is 0 Å². The summed E-state index contributed by atoms with van der Waals surface area (Å²) in [6, 6.07) is 25.6. The monoisotopic (exact) mass is 829 g/mol. The minimum absolute atomic E-state index is 0. The maximum absolute atomic E-state index is 12.5. The molecule has 0 bridgehead atoms. The quantitative estimate of drug-likeness (QED) is 0.0747. The normalized spacial score (nSPS) is 11.5. The van der Waals surface area contributed by atoms with Gasteiger partial charge < -0.3 is 22.7 Å². The molecule has 0 amide bonds. The average Bonchev–Trinajstić information content (AvgIpc) is 3.80. The van der Waals surface area contributed by atoms with E-state index in [0.717, 1.165) is 50.2 Å². The first kappa shape index (κ1) is 44.1. The number of aromatic nitrogens is 8. The summed E-state index contributed by atoms with van der Waals surface area (Å²) in [6.07, 6.45) is 5.94. The van der Waals surface area contributed by atoms with E-state index in [1.165, 1.54) is 23.8 Å². The molecule has 15 heteroatoms. The van der Waals surface area contributed by atoms with E-state index < -0.39 is 5.54 Å². The summed E-state index contributed by atoms with van der Waals surface area (Å²) in [7, 11) is 0. The fourth-order valence-corrected chi connectivity index (χ4v) is 7.04. The van der Waals surface area contributed by atoms with E-state index in [4.69, 9.17) is 51.8 Å². The van der Waals surface area contributed by atoms with Crippen LogP contribution in [0.4, 0.5) is 11.6 Å². The van der Waals surface area contributed by atoms with Gasteiger partial charge in [-0.25, -0.2) is 29.3 Å². The molecule has 7 rings (SSSR count). The predicted molar refractivity (Wildman–Crippen MR) is 245 cm³/mol. The van der Waals surface area contributed by atoms with Gasteiger partial charge in [0, 0.05) is 28.0 Å². The van der Waals surface area contributed by atoms with Crippen molar-refractivity contribution >= 4 is 73.8 Å². The zero-order valence-electron chi connectivity index (χ0n) is 34.2. The van der Waals surface area contributed by atoms with Gasteiger partial charge in [-0.1, -0.05) is 114 Å². The number of anilines is 2. The average molecular weight is 830 g/mol. The molecule has 0 aliphatic heterocycles. The highest BCUT2D eigenvalue weighted by Crippen LogP contribution is 2.36. The summed E-state index contributed by atoms with van der Waals surface area (Å²) in [5.41, 5.74) is 25.3. The maximum atomic E-state index is 12.5. The number of hydrogen-bond acceptors (Lipinski definition) is 11. The van der Waals surface area contributed by atoms with Crippen LogP contribution >= 0.6 is 24.4 Å². The Bertz CT molecular complexity index is 2600. The molecule has 59 heavy (non-hydrogen) atoms. The third-order valence-electron chi connectivity index (χ3n) is 10.2. The number of thiocarbonyl (C=S) groups is 2. The van der Waals surface area contributed by atoms with Crippen molar-refractivity contribution in [3.05, 3.63) is 108 Å². The van der Waals surface area contributed by atoms with Gasteiger partial charge in [0.15, 0.2) is 17.1 Å². The van der Waals surface area contributed by atoms with Crippen LogP contribution in [0.25, 0.3) is 44.6 Å². The number of nitrogen functional groups attached to an aromatic ring is 2. The van der Waals surface area contributed by atoms with Crippen molar-refractivity contribution in [2.45, 2.75) is 84.7 Å². The first-order valence-corrected chi connectivity index (χ1v) is 19.9. The van der Waals surface area contributed by atoms with Crippen molar-refractivity contribution in [2.24, 2.45) is 5.73 Å². The SMILES string of the molecule is Cc1ccc(-c2nn(C(C)(C)CCC(=S)CC(=O)c3ccccc3)c3ncnc(N)c23)cc1.Cc1ccc(-c2nn(C(C)(C)CCC(N)=S)c3ncnc(N)c23)cc1.O. The molecule has 0 aliphatic rings. The Kier molecular flexibility index (Phi) is 13.6. The Balaban J connectivity index is 0.000000229. The van der Waals surface area contributed by atoms with E-state index in [1.807, 2.05) is 83.0 Å². The van der Waals surface area contributed by atoms with Crippen LogP contribution in [0.5, 0.6) is 0 Å². The number of aryl methyl sites for hydroxylation is 2. The summed E-state index contributed by atoms with van der Waals surface area (Å²) < 4.78 is 3.82. The Morgan fingerprint density at radius 1 is 0.644 bits per heavy atom. The second-order valence-corrected chi connectivity index (χ2v) is 16.9. The van der Waals surface area contributed by atoms with Crippen molar-refractivity contribution in [3.8, 4) is 22.5 Å². The van der Waals surface area contributed by atoms with Gasteiger partial charge >= 0.3 is 0 Å². The van der Waals surface area contributed by atoms with Gasteiger partial charge in [-0.15, -0.1) is 0 Å². The first-order chi connectivity index (χ1) is 27.6. The summed E-state index contributed by atoms with van der Waals surface area (Å²) in [4.78, 5) is 31.0. The number of hydrogen-bond donors (Lipinski definition) is 3. The summed E-state index contributed by atoms with van der Waals surface area (Å²) in [5, 5.41) is 11.3. The molecular formula is C44H51N11O2S2.